The molecule has 0 radical (unpaired) electrons. The fraction of sp³-hybridized carbons (Fsp3) is 0.111. The Balaban J connectivity index is 1.38. The Bertz CT molecular complexity index is 1400. The minimum absolute atomic E-state index is 0.534. The van der Waals surface area contributed by atoms with Crippen molar-refractivity contribution in [2.45, 2.75) is 19.3 Å². The van der Waals surface area contributed by atoms with Gasteiger partial charge in [-0.3, -0.25) is 0 Å². The molecule has 2 heteroatoms. The first kappa shape index (κ1) is 25.0. The van der Waals surface area contributed by atoms with Gasteiger partial charge in [-0.2, -0.15) is 0 Å². The van der Waals surface area contributed by atoms with E-state index < -0.39 is 15.8 Å². The lowest BCUT2D eigenvalue weighted by molar-refractivity contribution is 0.623. The maximum Gasteiger partial charge on any atom is -0.0111 e. The quantitative estimate of drug-likeness (QED) is 0.185. The van der Waals surface area contributed by atoms with Crippen molar-refractivity contribution < 1.29 is 0 Å². The van der Waals surface area contributed by atoms with Crippen molar-refractivity contribution in [3.63, 3.8) is 0 Å². The molecular formula is C36H32P2. The molecule has 0 fully saturated rings. The van der Waals surface area contributed by atoms with Crippen molar-refractivity contribution in [2.75, 3.05) is 0 Å². The first-order valence-corrected chi connectivity index (χ1v) is 16.2. The maximum atomic E-state index is 2.57. The molecule has 1 aliphatic rings. The summed E-state index contributed by atoms with van der Waals surface area (Å²) in [4.78, 5) is 0. The van der Waals surface area contributed by atoms with Crippen LogP contribution in [0, 0.1) is 5.92 Å². The zero-order valence-corrected chi connectivity index (χ0v) is 23.3. The Hall–Kier alpha value is -3.30. The van der Waals surface area contributed by atoms with Crippen molar-refractivity contribution in [1.29, 1.82) is 0 Å². The van der Waals surface area contributed by atoms with Crippen molar-refractivity contribution in [2.24, 2.45) is 5.92 Å². The zero-order chi connectivity index (χ0) is 25.6. The van der Waals surface area contributed by atoms with Gasteiger partial charge in [0.25, 0.3) is 0 Å². The third-order valence-electron chi connectivity index (χ3n) is 7.30. The van der Waals surface area contributed by atoms with Gasteiger partial charge in [0.2, 0.25) is 0 Å². The lowest BCUT2D eigenvalue weighted by atomic mass is 9.99. The molecule has 0 saturated heterocycles. The van der Waals surface area contributed by atoms with Gasteiger partial charge >= 0.3 is 0 Å². The Morgan fingerprint density at radius 1 is 0.474 bits per heavy atom. The fourth-order valence-electron chi connectivity index (χ4n) is 5.58. The molecule has 38 heavy (non-hydrogen) atoms. The van der Waals surface area contributed by atoms with Crippen molar-refractivity contribution >= 4 is 42.4 Å². The Labute approximate surface area is 229 Å². The van der Waals surface area contributed by atoms with Gasteiger partial charge in [0.05, 0.1) is 0 Å². The third-order valence-corrected chi connectivity index (χ3v) is 12.5. The van der Waals surface area contributed by atoms with Crippen LogP contribution in [0.15, 0.2) is 157 Å². The second kappa shape index (κ2) is 12.0. The van der Waals surface area contributed by atoms with Crippen LogP contribution in [0.1, 0.15) is 18.4 Å². The zero-order valence-electron chi connectivity index (χ0n) is 21.5. The minimum Gasteiger partial charge on any atom is -0.0799 e. The van der Waals surface area contributed by atoms with Gasteiger partial charge in [0.15, 0.2) is 0 Å². The molecule has 1 aliphatic carbocycles. The van der Waals surface area contributed by atoms with Crippen LogP contribution in [-0.4, -0.2) is 0 Å². The van der Waals surface area contributed by atoms with Crippen LogP contribution in [0.3, 0.4) is 0 Å². The summed E-state index contributed by atoms with van der Waals surface area (Å²) in [7, 11) is -1.15. The highest BCUT2D eigenvalue weighted by Crippen LogP contribution is 2.51. The number of hydrogen-bond acceptors (Lipinski definition) is 0. The van der Waals surface area contributed by atoms with Gasteiger partial charge in [0, 0.05) is 0 Å². The molecule has 6 rings (SSSR count). The highest BCUT2D eigenvalue weighted by atomic mass is 31.1. The molecule has 5 aromatic carbocycles. The number of rotatable bonds is 8. The standard InChI is InChI=1S/C36H32P2/c1-5-18-31(19-6-1)37(32-20-7-2-8-21-32)35-26-14-13-16-29(35)28-30-17-15-27-36(30)38(33-22-9-3-10-23-33)34-24-11-4-12-25-34/h1-14,16,18-27,30H,15,17,28H2/t30-/m0/s1. The van der Waals surface area contributed by atoms with E-state index in [1.165, 1.54) is 44.9 Å². The monoisotopic (exact) mass is 526 g/mol. The van der Waals surface area contributed by atoms with Crippen LogP contribution in [0.25, 0.3) is 0 Å². The number of hydrogen-bond donors (Lipinski definition) is 0. The molecule has 0 unspecified atom stereocenters. The Morgan fingerprint density at radius 2 is 0.895 bits per heavy atom. The maximum absolute atomic E-state index is 2.57. The molecular weight excluding hydrogens is 494 g/mol. The van der Waals surface area contributed by atoms with E-state index in [4.69, 9.17) is 0 Å². The molecule has 0 bridgehead atoms. The molecule has 1 atom stereocenters. The average molecular weight is 527 g/mol. The van der Waals surface area contributed by atoms with E-state index in [0.717, 1.165) is 6.42 Å². The normalized spacial score (nSPS) is 15.1. The minimum atomic E-state index is -0.618. The van der Waals surface area contributed by atoms with E-state index in [1.807, 2.05) is 0 Å². The molecule has 0 heterocycles. The van der Waals surface area contributed by atoms with E-state index in [-0.39, 0.29) is 0 Å². The molecule has 0 nitrogen and oxygen atoms in total. The number of benzene rings is 5. The highest BCUT2D eigenvalue weighted by Gasteiger charge is 2.30. The third kappa shape index (κ3) is 5.44. The molecule has 0 N–H and O–H groups in total. The summed E-state index contributed by atoms with van der Waals surface area (Å²) in [5.74, 6) is 0.561. The molecule has 186 valence electrons. The second-order valence-corrected chi connectivity index (χ2v) is 14.2. The van der Waals surface area contributed by atoms with Crippen LogP contribution in [-0.2, 0) is 6.42 Å². The van der Waals surface area contributed by atoms with Gasteiger partial charge in [-0.15, -0.1) is 0 Å². The predicted molar refractivity (Wildman–Crippen MR) is 169 cm³/mol. The lowest BCUT2D eigenvalue weighted by Crippen LogP contribution is -2.24. The Kier molecular flexibility index (Phi) is 7.92. The van der Waals surface area contributed by atoms with Gasteiger partial charge in [-0.25, -0.2) is 0 Å². The van der Waals surface area contributed by atoms with Crippen molar-refractivity contribution in [3.05, 3.63) is 163 Å². The first-order valence-electron chi connectivity index (χ1n) is 13.5. The summed E-state index contributed by atoms with van der Waals surface area (Å²) in [6, 6.07) is 53.8. The summed E-state index contributed by atoms with van der Waals surface area (Å²) in [5.41, 5.74) is 1.50. The SMILES string of the molecule is C1=C(P(c2ccccc2)c2ccccc2)[C@H](Cc2ccccc2P(c2ccccc2)c2ccccc2)CC1. The van der Waals surface area contributed by atoms with Gasteiger partial charge < -0.3 is 0 Å². The van der Waals surface area contributed by atoms with E-state index in [9.17, 15) is 0 Å². The molecule has 0 saturated carbocycles. The van der Waals surface area contributed by atoms with Crippen LogP contribution in [0.5, 0.6) is 0 Å². The summed E-state index contributed by atoms with van der Waals surface area (Å²) in [5, 5.41) is 8.89. The molecule has 0 aliphatic heterocycles. The lowest BCUT2D eigenvalue weighted by Gasteiger charge is -2.28. The van der Waals surface area contributed by atoms with E-state index >= 15 is 0 Å². The molecule has 0 amide bonds. The highest BCUT2D eigenvalue weighted by molar-refractivity contribution is 7.80. The van der Waals surface area contributed by atoms with E-state index in [2.05, 4.69) is 152 Å². The van der Waals surface area contributed by atoms with Gasteiger partial charge in [-0.1, -0.05) is 152 Å². The van der Waals surface area contributed by atoms with Gasteiger partial charge in [0.1, 0.15) is 0 Å². The second-order valence-electron chi connectivity index (χ2n) is 9.75. The summed E-state index contributed by atoms with van der Waals surface area (Å²) < 4.78 is 0. The van der Waals surface area contributed by atoms with E-state index in [1.54, 1.807) is 5.31 Å². The summed E-state index contributed by atoms with van der Waals surface area (Å²) in [6.45, 7) is 0. The van der Waals surface area contributed by atoms with Crippen molar-refractivity contribution in [1.82, 2.24) is 0 Å². The van der Waals surface area contributed by atoms with Crippen LogP contribution in [0.2, 0.25) is 0 Å². The van der Waals surface area contributed by atoms with Gasteiger partial charge in [-0.05, 0) is 78.4 Å². The Morgan fingerprint density at radius 3 is 1.39 bits per heavy atom. The first-order chi connectivity index (χ1) is 18.9. The topological polar surface area (TPSA) is 0 Å². The molecule has 0 spiro atoms. The largest absolute Gasteiger partial charge is 0.0799 e. The van der Waals surface area contributed by atoms with E-state index in [0.29, 0.717) is 5.92 Å². The fourth-order valence-corrected chi connectivity index (χ4v) is 10.8. The summed E-state index contributed by atoms with van der Waals surface area (Å²) in [6.07, 6.45) is 6.07. The number of allylic oxidation sites excluding steroid dienone is 2. The van der Waals surface area contributed by atoms with Crippen LogP contribution >= 0.6 is 15.8 Å². The van der Waals surface area contributed by atoms with Crippen LogP contribution in [0.4, 0.5) is 0 Å². The van der Waals surface area contributed by atoms with Crippen molar-refractivity contribution in [3.8, 4) is 0 Å². The summed E-state index contributed by atoms with van der Waals surface area (Å²) >= 11 is 0. The van der Waals surface area contributed by atoms with Crippen LogP contribution < -0.4 is 26.5 Å². The average Bonchev–Trinajstić information content (AvgIpc) is 3.44. The predicted octanol–water partition coefficient (Wildman–Crippen LogP) is 7.41. The molecule has 5 aromatic rings. The molecule has 0 aromatic heterocycles. The smallest absolute Gasteiger partial charge is 0.0111 e.